The number of hydrogen-bond donors (Lipinski definition) is 1. The number of Topliss-reactive ketones (excluding diaryl/α,β-unsaturated/α-hetero) is 1. The van der Waals surface area contributed by atoms with Gasteiger partial charge in [0.05, 0.1) is 35.3 Å². The molecule has 0 atom stereocenters. The van der Waals surface area contributed by atoms with Crippen LogP contribution in [0.1, 0.15) is 32.9 Å². The number of aromatic nitrogens is 2. The first-order chi connectivity index (χ1) is 15.1. The van der Waals surface area contributed by atoms with E-state index < -0.39 is 23.4 Å². The molecule has 0 aliphatic rings. The number of nitrogens with zero attached hydrogens (tertiary/aromatic N) is 2. The van der Waals surface area contributed by atoms with Gasteiger partial charge >= 0.3 is 6.18 Å². The zero-order chi connectivity index (χ0) is 23.5. The molecular weight excluding hydrogens is 423 g/mol. The first-order valence-corrected chi connectivity index (χ1v) is 9.81. The van der Waals surface area contributed by atoms with Crippen molar-refractivity contribution in [1.29, 1.82) is 0 Å². The van der Waals surface area contributed by atoms with Gasteiger partial charge in [0.2, 0.25) is 0 Å². The first-order valence-electron chi connectivity index (χ1n) is 9.81. The highest BCUT2D eigenvalue weighted by atomic mass is 19.4. The molecule has 1 aromatic heterocycles. The molecule has 3 rings (SSSR count). The maximum Gasteiger partial charge on any atom is 0.416 e. The number of para-hydroxylation sites is 1. The van der Waals surface area contributed by atoms with Gasteiger partial charge in [0.1, 0.15) is 5.75 Å². The molecule has 0 spiro atoms. The van der Waals surface area contributed by atoms with E-state index >= 15 is 0 Å². The van der Waals surface area contributed by atoms with Crippen molar-refractivity contribution >= 4 is 11.7 Å². The molecule has 32 heavy (non-hydrogen) atoms. The lowest BCUT2D eigenvalue weighted by Crippen LogP contribution is -2.33. The predicted octanol–water partition coefficient (Wildman–Crippen LogP) is 4.06. The Bertz CT molecular complexity index is 1150. The van der Waals surface area contributed by atoms with E-state index in [1.165, 1.54) is 30.7 Å². The average Bonchev–Trinajstić information content (AvgIpc) is 3.06. The molecule has 0 unspecified atom stereocenters. The van der Waals surface area contributed by atoms with Crippen LogP contribution < -0.4 is 10.1 Å². The fourth-order valence-corrected chi connectivity index (χ4v) is 3.45. The van der Waals surface area contributed by atoms with Crippen molar-refractivity contribution in [1.82, 2.24) is 15.1 Å². The zero-order valence-corrected chi connectivity index (χ0v) is 17.8. The third kappa shape index (κ3) is 4.82. The second-order valence-corrected chi connectivity index (χ2v) is 7.15. The number of hydrogen-bond acceptors (Lipinski definition) is 4. The molecule has 0 saturated heterocycles. The lowest BCUT2D eigenvalue weighted by atomic mass is 10.1. The maximum absolute atomic E-state index is 13.0. The fraction of sp³-hybridized carbons (Fsp3) is 0.261. The summed E-state index contributed by atoms with van der Waals surface area (Å²) in [4.78, 5) is 25.2. The summed E-state index contributed by atoms with van der Waals surface area (Å²) in [6.07, 6.45) is -4.05. The molecule has 0 bridgehead atoms. The number of aryl methyl sites for hydroxylation is 1. The Kier molecular flexibility index (Phi) is 6.67. The van der Waals surface area contributed by atoms with Crippen molar-refractivity contribution in [3.8, 4) is 11.4 Å². The van der Waals surface area contributed by atoms with E-state index in [1.54, 1.807) is 13.2 Å². The SMILES string of the molecule is COc1ccccc1CCNC(=O)C(=O)c1c(C)nn(-c2cccc(C(F)(F)F)c2)c1C. The van der Waals surface area contributed by atoms with E-state index in [1.807, 2.05) is 18.2 Å². The molecule has 2 aromatic carbocycles. The van der Waals surface area contributed by atoms with E-state index in [2.05, 4.69) is 10.4 Å². The molecular formula is C23H22F3N3O3. The molecule has 168 valence electrons. The van der Waals surface area contributed by atoms with Crippen LogP contribution in [0.25, 0.3) is 5.69 Å². The van der Waals surface area contributed by atoms with Crippen molar-refractivity contribution in [3.63, 3.8) is 0 Å². The average molecular weight is 445 g/mol. The van der Waals surface area contributed by atoms with Gasteiger partial charge in [-0.3, -0.25) is 9.59 Å². The third-order valence-corrected chi connectivity index (χ3v) is 5.02. The van der Waals surface area contributed by atoms with Crippen LogP contribution in [-0.4, -0.2) is 35.1 Å². The normalized spacial score (nSPS) is 11.3. The van der Waals surface area contributed by atoms with Crippen LogP contribution in [0.4, 0.5) is 13.2 Å². The number of benzene rings is 2. The molecule has 0 fully saturated rings. The standard InChI is InChI=1S/C23H22F3N3O3/c1-14-20(15(2)29(28-14)18-9-6-8-17(13-18)23(24,25)26)21(30)22(31)27-12-11-16-7-4-5-10-19(16)32-3/h4-10,13H,11-12H2,1-3H3,(H,27,31). The number of halogens is 3. The summed E-state index contributed by atoms with van der Waals surface area (Å²) in [6, 6.07) is 12.0. The van der Waals surface area contributed by atoms with Crippen molar-refractivity contribution in [2.75, 3.05) is 13.7 Å². The minimum absolute atomic E-state index is 0.0669. The van der Waals surface area contributed by atoms with E-state index in [-0.39, 0.29) is 29.2 Å². The Morgan fingerprint density at radius 3 is 2.50 bits per heavy atom. The third-order valence-electron chi connectivity index (χ3n) is 5.02. The van der Waals surface area contributed by atoms with Gasteiger partial charge in [-0.25, -0.2) is 4.68 Å². The molecule has 1 heterocycles. The lowest BCUT2D eigenvalue weighted by Gasteiger charge is -2.10. The van der Waals surface area contributed by atoms with E-state index in [4.69, 9.17) is 4.74 Å². The number of ketones is 1. The Morgan fingerprint density at radius 1 is 1.09 bits per heavy atom. The first kappa shape index (κ1) is 23.1. The number of carbonyl (C=O) groups is 2. The maximum atomic E-state index is 13.0. The van der Waals surface area contributed by atoms with Crippen molar-refractivity contribution < 1.29 is 27.5 Å². The van der Waals surface area contributed by atoms with E-state index in [9.17, 15) is 22.8 Å². The smallest absolute Gasteiger partial charge is 0.416 e. The van der Waals surface area contributed by atoms with Crippen LogP contribution >= 0.6 is 0 Å². The molecule has 6 nitrogen and oxygen atoms in total. The van der Waals surface area contributed by atoms with Gasteiger partial charge in [-0.05, 0) is 50.1 Å². The summed E-state index contributed by atoms with van der Waals surface area (Å²) in [7, 11) is 1.55. The van der Waals surface area contributed by atoms with E-state index in [0.717, 1.165) is 17.7 Å². The van der Waals surface area contributed by atoms with Crippen LogP contribution in [0.5, 0.6) is 5.75 Å². The topological polar surface area (TPSA) is 73.2 Å². The second-order valence-electron chi connectivity index (χ2n) is 7.15. The van der Waals surface area contributed by atoms with Crippen LogP contribution in [0, 0.1) is 13.8 Å². The largest absolute Gasteiger partial charge is 0.496 e. The molecule has 1 N–H and O–H groups in total. The van der Waals surface area contributed by atoms with Gasteiger partial charge in [-0.15, -0.1) is 0 Å². The van der Waals surface area contributed by atoms with Gasteiger partial charge in [0.15, 0.2) is 0 Å². The number of ether oxygens (including phenoxy) is 1. The van der Waals surface area contributed by atoms with Crippen molar-refractivity contribution in [2.45, 2.75) is 26.4 Å². The highest BCUT2D eigenvalue weighted by Gasteiger charge is 2.31. The monoisotopic (exact) mass is 445 g/mol. The van der Waals surface area contributed by atoms with Crippen LogP contribution in [0.2, 0.25) is 0 Å². The van der Waals surface area contributed by atoms with Crippen LogP contribution in [0.3, 0.4) is 0 Å². The number of methoxy groups -OCH3 is 1. The molecule has 0 aliphatic carbocycles. The number of rotatable bonds is 7. The summed E-state index contributed by atoms with van der Waals surface area (Å²) in [6.45, 7) is 3.28. The zero-order valence-electron chi connectivity index (χ0n) is 17.8. The minimum atomic E-state index is -4.51. The Labute approximate surface area is 183 Å². The van der Waals surface area contributed by atoms with Gasteiger partial charge < -0.3 is 10.1 Å². The van der Waals surface area contributed by atoms with Gasteiger partial charge in [0, 0.05) is 6.54 Å². The Morgan fingerprint density at radius 2 is 1.81 bits per heavy atom. The highest BCUT2D eigenvalue weighted by molar-refractivity contribution is 6.43. The minimum Gasteiger partial charge on any atom is -0.496 e. The fourth-order valence-electron chi connectivity index (χ4n) is 3.45. The summed E-state index contributed by atoms with van der Waals surface area (Å²) in [5.74, 6) is -0.921. The number of alkyl halides is 3. The molecule has 0 saturated carbocycles. The lowest BCUT2D eigenvalue weighted by molar-refractivity contribution is -0.137. The molecule has 0 radical (unpaired) electrons. The summed E-state index contributed by atoms with van der Waals surface area (Å²) in [5, 5.41) is 6.77. The van der Waals surface area contributed by atoms with Crippen LogP contribution in [-0.2, 0) is 17.4 Å². The highest BCUT2D eigenvalue weighted by Crippen LogP contribution is 2.31. The van der Waals surface area contributed by atoms with Gasteiger partial charge in [-0.2, -0.15) is 18.3 Å². The number of nitrogens with one attached hydrogen (secondary N) is 1. The summed E-state index contributed by atoms with van der Waals surface area (Å²) < 4.78 is 45.6. The number of carbonyl (C=O) groups excluding carboxylic acids is 2. The summed E-state index contributed by atoms with van der Waals surface area (Å²) >= 11 is 0. The van der Waals surface area contributed by atoms with E-state index in [0.29, 0.717) is 12.2 Å². The van der Waals surface area contributed by atoms with Gasteiger partial charge in [0.25, 0.3) is 11.7 Å². The molecule has 3 aromatic rings. The van der Waals surface area contributed by atoms with Crippen molar-refractivity contribution in [2.24, 2.45) is 0 Å². The molecule has 0 aliphatic heterocycles. The van der Waals surface area contributed by atoms with Crippen LogP contribution in [0.15, 0.2) is 48.5 Å². The second kappa shape index (κ2) is 9.25. The predicted molar refractivity (Wildman–Crippen MR) is 112 cm³/mol. The Hall–Kier alpha value is -3.62. The van der Waals surface area contributed by atoms with Crippen molar-refractivity contribution in [3.05, 3.63) is 76.6 Å². The number of amides is 1. The molecule has 9 heteroatoms. The van der Waals surface area contributed by atoms with Gasteiger partial charge in [-0.1, -0.05) is 24.3 Å². The quantitative estimate of drug-likeness (QED) is 0.440. The Balaban J connectivity index is 1.76. The summed E-state index contributed by atoms with van der Waals surface area (Å²) in [5.41, 5.74) is 0.807. The molecule has 1 amide bonds.